The Balaban J connectivity index is 1.97. The summed E-state index contributed by atoms with van der Waals surface area (Å²) >= 11 is 0. The van der Waals surface area contributed by atoms with Crippen molar-refractivity contribution < 1.29 is 4.74 Å². The highest BCUT2D eigenvalue weighted by Crippen LogP contribution is 2.41. The first-order valence-corrected chi connectivity index (χ1v) is 8.98. The number of methoxy groups -OCH3 is 1. The molecule has 1 aliphatic rings. The summed E-state index contributed by atoms with van der Waals surface area (Å²) < 4.78 is 5.43. The first-order chi connectivity index (χ1) is 11.7. The van der Waals surface area contributed by atoms with E-state index >= 15 is 0 Å². The fourth-order valence-electron chi connectivity index (χ4n) is 3.55. The van der Waals surface area contributed by atoms with Crippen LogP contribution in [0.3, 0.4) is 0 Å². The zero-order valence-electron chi connectivity index (χ0n) is 15.1. The molecule has 1 aromatic carbocycles. The molecule has 0 aliphatic heterocycles. The molecule has 2 aromatic rings. The van der Waals surface area contributed by atoms with Gasteiger partial charge in [-0.25, -0.2) is 4.98 Å². The molecule has 0 amide bonds. The number of anilines is 1. The Kier molecular flexibility index (Phi) is 5.03. The molecule has 1 heterocycles. The number of fused-ring (bicyclic) bond motifs is 1. The van der Waals surface area contributed by atoms with Gasteiger partial charge in [0.1, 0.15) is 11.6 Å². The monoisotopic (exact) mass is 325 g/mol. The van der Waals surface area contributed by atoms with Crippen LogP contribution in [0, 0.1) is 5.92 Å². The van der Waals surface area contributed by atoms with Gasteiger partial charge in [-0.05, 0) is 48.4 Å². The van der Waals surface area contributed by atoms with E-state index in [-0.39, 0.29) is 6.04 Å². The highest BCUT2D eigenvalue weighted by molar-refractivity contribution is 5.49. The highest BCUT2D eigenvalue weighted by Gasteiger charge is 2.32. The number of aromatic nitrogens is 2. The minimum absolute atomic E-state index is 0.270. The van der Waals surface area contributed by atoms with Crippen molar-refractivity contribution in [1.29, 1.82) is 0 Å². The van der Waals surface area contributed by atoms with E-state index in [1.54, 1.807) is 7.11 Å². The zero-order chi connectivity index (χ0) is 17.1. The summed E-state index contributed by atoms with van der Waals surface area (Å²) in [7, 11) is 1.72. The summed E-state index contributed by atoms with van der Waals surface area (Å²) in [6, 6.07) is 6.70. The van der Waals surface area contributed by atoms with Gasteiger partial charge in [-0.3, -0.25) is 4.98 Å². The van der Waals surface area contributed by atoms with Crippen molar-refractivity contribution in [2.45, 2.75) is 52.5 Å². The third-order valence-electron chi connectivity index (χ3n) is 5.05. The van der Waals surface area contributed by atoms with Gasteiger partial charge in [0, 0.05) is 6.20 Å². The van der Waals surface area contributed by atoms with Gasteiger partial charge in [-0.15, -0.1) is 0 Å². The van der Waals surface area contributed by atoms with Gasteiger partial charge < -0.3 is 10.1 Å². The predicted molar refractivity (Wildman–Crippen MR) is 97.6 cm³/mol. The number of nitrogens with one attached hydrogen (secondary N) is 1. The average Bonchev–Trinajstić information content (AvgIpc) is 2.98. The van der Waals surface area contributed by atoms with E-state index in [4.69, 9.17) is 9.72 Å². The predicted octanol–water partition coefficient (Wildman–Crippen LogP) is 4.35. The van der Waals surface area contributed by atoms with Crippen molar-refractivity contribution in [2.24, 2.45) is 5.92 Å². The zero-order valence-corrected chi connectivity index (χ0v) is 15.1. The highest BCUT2D eigenvalue weighted by atomic mass is 16.5. The molecule has 24 heavy (non-hydrogen) atoms. The van der Waals surface area contributed by atoms with Gasteiger partial charge in [-0.2, -0.15) is 0 Å². The van der Waals surface area contributed by atoms with Crippen molar-refractivity contribution in [2.75, 3.05) is 12.4 Å². The van der Waals surface area contributed by atoms with Crippen LogP contribution in [-0.4, -0.2) is 17.1 Å². The Morgan fingerprint density at radius 1 is 1.21 bits per heavy atom. The number of ether oxygens (including phenoxy) is 1. The fraction of sp³-hybridized carbons (Fsp3) is 0.500. The lowest BCUT2D eigenvalue weighted by atomic mass is 9.97. The van der Waals surface area contributed by atoms with Crippen LogP contribution < -0.4 is 10.1 Å². The van der Waals surface area contributed by atoms with Gasteiger partial charge in [-0.1, -0.05) is 33.3 Å². The van der Waals surface area contributed by atoms with Crippen LogP contribution in [0.15, 0.2) is 24.4 Å². The Bertz CT molecular complexity index is 714. The largest absolute Gasteiger partial charge is 0.497 e. The second-order valence-corrected chi connectivity index (χ2v) is 6.42. The number of hydrogen-bond donors (Lipinski definition) is 1. The number of hydrogen-bond acceptors (Lipinski definition) is 4. The van der Waals surface area contributed by atoms with Gasteiger partial charge in [0.25, 0.3) is 0 Å². The van der Waals surface area contributed by atoms with Gasteiger partial charge in [0.05, 0.1) is 24.5 Å². The fourth-order valence-corrected chi connectivity index (χ4v) is 3.55. The maximum absolute atomic E-state index is 5.43. The molecule has 0 fully saturated rings. The van der Waals surface area contributed by atoms with E-state index in [9.17, 15) is 0 Å². The molecule has 3 rings (SSSR count). The summed E-state index contributed by atoms with van der Waals surface area (Å²) in [6.07, 6.45) is 5.92. The lowest BCUT2D eigenvalue weighted by Gasteiger charge is -2.23. The minimum atomic E-state index is 0.270. The quantitative estimate of drug-likeness (QED) is 0.858. The topological polar surface area (TPSA) is 47.0 Å². The minimum Gasteiger partial charge on any atom is -0.497 e. The van der Waals surface area contributed by atoms with Crippen LogP contribution in [0.5, 0.6) is 5.75 Å². The van der Waals surface area contributed by atoms with E-state index < -0.39 is 0 Å². The summed E-state index contributed by atoms with van der Waals surface area (Å²) in [5.41, 5.74) is 4.83. The van der Waals surface area contributed by atoms with Gasteiger partial charge in [0.15, 0.2) is 0 Å². The maximum atomic E-state index is 5.43. The van der Waals surface area contributed by atoms with Crippen molar-refractivity contribution in [1.82, 2.24) is 9.97 Å². The molecule has 4 heteroatoms. The number of aryl methyl sites for hydroxylation is 2. The second kappa shape index (κ2) is 7.20. The van der Waals surface area contributed by atoms with Crippen LogP contribution in [0.4, 0.5) is 5.82 Å². The van der Waals surface area contributed by atoms with Gasteiger partial charge in [0.2, 0.25) is 0 Å². The molecule has 2 atom stereocenters. The summed E-state index contributed by atoms with van der Waals surface area (Å²) in [5.74, 6) is 2.43. The Morgan fingerprint density at radius 3 is 2.71 bits per heavy atom. The van der Waals surface area contributed by atoms with E-state index in [2.05, 4.69) is 49.3 Å². The SMILES string of the molecule is CCc1cnc(CC)c(N[C@@H]2c3cc(OC)ccc3C[C@@H]2CC)n1. The molecule has 0 saturated carbocycles. The molecule has 0 bridgehead atoms. The normalized spacial score (nSPS) is 19.2. The molecule has 0 spiro atoms. The second-order valence-electron chi connectivity index (χ2n) is 6.42. The third kappa shape index (κ3) is 3.10. The van der Waals surface area contributed by atoms with Crippen LogP contribution >= 0.6 is 0 Å². The van der Waals surface area contributed by atoms with Crippen LogP contribution in [-0.2, 0) is 19.3 Å². The van der Waals surface area contributed by atoms with Crippen molar-refractivity contribution in [3.8, 4) is 5.75 Å². The molecule has 0 unspecified atom stereocenters. The first kappa shape index (κ1) is 16.7. The molecular weight excluding hydrogens is 298 g/mol. The number of rotatable bonds is 6. The van der Waals surface area contributed by atoms with E-state index in [0.29, 0.717) is 5.92 Å². The molecule has 4 nitrogen and oxygen atoms in total. The third-order valence-corrected chi connectivity index (χ3v) is 5.05. The Labute approximate surface area is 144 Å². The maximum Gasteiger partial charge on any atom is 0.148 e. The number of nitrogens with zero attached hydrogens (tertiary/aromatic N) is 2. The Hall–Kier alpha value is -2.10. The average molecular weight is 325 g/mol. The summed E-state index contributed by atoms with van der Waals surface area (Å²) in [4.78, 5) is 9.41. The molecule has 0 saturated heterocycles. The molecular formula is C20H27N3O. The van der Waals surface area contributed by atoms with Crippen molar-refractivity contribution in [3.05, 3.63) is 46.9 Å². The van der Waals surface area contributed by atoms with E-state index in [1.807, 2.05) is 6.20 Å². The van der Waals surface area contributed by atoms with Crippen molar-refractivity contribution >= 4 is 5.82 Å². The summed E-state index contributed by atoms with van der Waals surface area (Å²) in [6.45, 7) is 6.51. The van der Waals surface area contributed by atoms with Crippen LogP contribution in [0.1, 0.15) is 55.7 Å². The molecule has 128 valence electrons. The molecule has 0 radical (unpaired) electrons. The molecule has 1 aromatic heterocycles. The Morgan fingerprint density at radius 2 is 2.04 bits per heavy atom. The van der Waals surface area contributed by atoms with Crippen LogP contribution in [0.2, 0.25) is 0 Å². The smallest absolute Gasteiger partial charge is 0.148 e. The van der Waals surface area contributed by atoms with Crippen LogP contribution in [0.25, 0.3) is 0 Å². The molecule has 1 aliphatic carbocycles. The lowest BCUT2D eigenvalue weighted by Crippen LogP contribution is -2.19. The summed E-state index contributed by atoms with van der Waals surface area (Å²) in [5, 5.41) is 3.71. The van der Waals surface area contributed by atoms with E-state index in [0.717, 1.165) is 48.6 Å². The van der Waals surface area contributed by atoms with Gasteiger partial charge >= 0.3 is 0 Å². The standard InChI is InChI=1S/C20H27N3O/c1-5-13-10-14-8-9-16(24-4)11-17(14)19(13)23-20-18(7-3)21-12-15(6-2)22-20/h8-9,11-13,19H,5-7,10H2,1-4H3,(H,22,23)/t13-,19-/m0/s1. The number of benzene rings is 1. The lowest BCUT2D eigenvalue weighted by molar-refractivity contribution is 0.413. The first-order valence-electron chi connectivity index (χ1n) is 8.98. The van der Waals surface area contributed by atoms with E-state index in [1.165, 1.54) is 11.1 Å². The van der Waals surface area contributed by atoms with Crippen molar-refractivity contribution in [3.63, 3.8) is 0 Å². The molecule has 1 N–H and O–H groups in total.